The van der Waals surface area contributed by atoms with Crippen LogP contribution >= 0.6 is 18.9 Å². The zero-order valence-corrected chi connectivity index (χ0v) is 16.5. The van der Waals surface area contributed by atoms with Gasteiger partial charge < -0.3 is 4.57 Å². The minimum atomic E-state index is -3.53. The van der Waals surface area contributed by atoms with Gasteiger partial charge in [0, 0.05) is 17.4 Å². The summed E-state index contributed by atoms with van der Waals surface area (Å²) in [5.74, 6) is 0. The standard InChI is InChI=1S/C18H22NO5PS/c1-3-21-23-25(20,24-22-4-2)12-11-19-16-9-6-5-8-15(16)14-17(19)18-10-7-13-26-18/h5-10,13-14H,3-4,11-12H2,1-2H3. The Kier molecular flexibility index (Phi) is 6.64. The van der Waals surface area contributed by atoms with Crippen LogP contribution in [0.2, 0.25) is 0 Å². The highest BCUT2D eigenvalue weighted by molar-refractivity contribution is 7.53. The fourth-order valence-corrected chi connectivity index (χ4v) is 4.56. The normalized spacial score (nSPS) is 12.1. The second kappa shape index (κ2) is 8.95. The molecule has 0 fully saturated rings. The van der Waals surface area contributed by atoms with Gasteiger partial charge in [-0.3, -0.25) is 4.57 Å². The minimum absolute atomic E-state index is 0.129. The molecule has 3 aromatic rings. The zero-order valence-electron chi connectivity index (χ0n) is 14.8. The van der Waals surface area contributed by atoms with Crippen LogP contribution in [0.15, 0.2) is 47.8 Å². The number of hydrogen-bond acceptors (Lipinski definition) is 6. The molecule has 0 radical (unpaired) electrons. The molecule has 0 aliphatic rings. The predicted molar refractivity (Wildman–Crippen MR) is 103 cm³/mol. The number of aromatic nitrogens is 1. The van der Waals surface area contributed by atoms with Gasteiger partial charge in [-0.15, -0.1) is 20.7 Å². The van der Waals surface area contributed by atoms with Gasteiger partial charge >= 0.3 is 7.60 Å². The Balaban J connectivity index is 1.89. The second-order valence-electron chi connectivity index (χ2n) is 5.51. The van der Waals surface area contributed by atoms with Gasteiger partial charge in [0.1, 0.15) is 0 Å². The number of nitrogens with zero attached hydrogens (tertiary/aromatic N) is 1. The highest BCUT2D eigenvalue weighted by Crippen LogP contribution is 2.49. The third-order valence-corrected chi connectivity index (χ3v) is 6.06. The van der Waals surface area contributed by atoms with Crippen LogP contribution in [-0.4, -0.2) is 23.9 Å². The molecule has 0 amide bonds. The van der Waals surface area contributed by atoms with Crippen LogP contribution in [0.5, 0.6) is 0 Å². The van der Waals surface area contributed by atoms with Gasteiger partial charge in [0.25, 0.3) is 0 Å². The predicted octanol–water partition coefficient (Wildman–Crippen LogP) is 5.50. The molecule has 0 aliphatic heterocycles. The van der Waals surface area contributed by atoms with E-state index in [0.29, 0.717) is 6.54 Å². The topological polar surface area (TPSA) is 58.9 Å². The molecular formula is C18H22NO5PS. The van der Waals surface area contributed by atoms with Gasteiger partial charge in [-0.1, -0.05) is 24.3 Å². The summed E-state index contributed by atoms with van der Waals surface area (Å²) >= 11 is 1.66. The Morgan fingerprint density at radius 1 is 1.04 bits per heavy atom. The molecule has 0 saturated carbocycles. The molecule has 8 heteroatoms. The Bertz CT molecular complexity index is 865. The van der Waals surface area contributed by atoms with E-state index < -0.39 is 7.60 Å². The first-order valence-electron chi connectivity index (χ1n) is 8.50. The third-order valence-electron chi connectivity index (χ3n) is 3.75. The number of para-hydroxylation sites is 1. The van der Waals surface area contributed by atoms with E-state index in [1.54, 1.807) is 25.2 Å². The van der Waals surface area contributed by atoms with E-state index in [9.17, 15) is 4.57 Å². The van der Waals surface area contributed by atoms with Crippen LogP contribution in [0.3, 0.4) is 0 Å². The number of rotatable bonds is 10. The van der Waals surface area contributed by atoms with Crippen molar-refractivity contribution in [3.63, 3.8) is 0 Å². The first kappa shape index (κ1) is 19.3. The van der Waals surface area contributed by atoms with E-state index in [1.807, 2.05) is 29.6 Å². The molecular weight excluding hydrogens is 373 g/mol. The monoisotopic (exact) mass is 395 g/mol. The lowest BCUT2D eigenvalue weighted by atomic mass is 10.2. The lowest BCUT2D eigenvalue weighted by Gasteiger charge is -2.17. The summed E-state index contributed by atoms with van der Waals surface area (Å²) < 4.78 is 25.0. The van der Waals surface area contributed by atoms with Gasteiger partial charge in [-0.25, -0.2) is 9.78 Å². The summed E-state index contributed by atoms with van der Waals surface area (Å²) in [7, 11) is -3.53. The summed E-state index contributed by atoms with van der Waals surface area (Å²) in [4.78, 5) is 10.9. The smallest absolute Gasteiger partial charge is 0.339 e. The molecule has 26 heavy (non-hydrogen) atoms. The summed E-state index contributed by atoms with van der Waals surface area (Å²) in [6.45, 7) is 4.48. The van der Waals surface area contributed by atoms with Crippen molar-refractivity contribution in [2.24, 2.45) is 0 Å². The molecule has 0 bridgehead atoms. The van der Waals surface area contributed by atoms with E-state index in [4.69, 9.17) is 19.1 Å². The number of benzene rings is 1. The Morgan fingerprint density at radius 3 is 2.42 bits per heavy atom. The summed E-state index contributed by atoms with van der Waals surface area (Å²) in [6, 6.07) is 14.3. The first-order chi connectivity index (χ1) is 12.7. The number of aryl methyl sites for hydroxylation is 1. The van der Waals surface area contributed by atoms with Gasteiger partial charge in [-0.2, -0.15) is 0 Å². The zero-order chi connectivity index (χ0) is 18.4. The van der Waals surface area contributed by atoms with E-state index >= 15 is 0 Å². The molecule has 0 spiro atoms. The second-order valence-corrected chi connectivity index (χ2v) is 8.43. The molecule has 3 rings (SSSR count). The molecule has 2 aromatic heterocycles. The molecule has 140 valence electrons. The number of thiophene rings is 1. The maximum atomic E-state index is 12.9. The molecule has 2 heterocycles. The van der Waals surface area contributed by atoms with Gasteiger partial charge in [0.15, 0.2) is 0 Å². The van der Waals surface area contributed by atoms with Crippen molar-refractivity contribution in [2.75, 3.05) is 19.4 Å². The van der Waals surface area contributed by atoms with E-state index in [1.165, 1.54) is 0 Å². The van der Waals surface area contributed by atoms with E-state index in [-0.39, 0.29) is 19.4 Å². The van der Waals surface area contributed by atoms with Crippen molar-refractivity contribution in [3.8, 4) is 10.6 Å². The van der Waals surface area contributed by atoms with Crippen LogP contribution in [0.1, 0.15) is 13.8 Å². The molecule has 0 N–H and O–H groups in total. The molecule has 6 nitrogen and oxygen atoms in total. The average Bonchev–Trinajstić information content (AvgIpc) is 3.31. The fraction of sp³-hybridized carbons (Fsp3) is 0.333. The average molecular weight is 395 g/mol. The Hall–Kier alpha value is -1.47. The molecule has 0 unspecified atom stereocenters. The van der Waals surface area contributed by atoms with Crippen molar-refractivity contribution in [3.05, 3.63) is 47.8 Å². The van der Waals surface area contributed by atoms with Crippen LogP contribution in [0.25, 0.3) is 21.5 Å². The number of fused-ring (bicyclic) bond motifs is 1. The largest absolute Gasteiger partial charge is 0.386 e. The lowest BCUT2D eigenvalue weighted by Crippen LogP contribution is -2.09. The highest BCUT2D eigenvalue weighted by Gasteiger charge is 2.28. The first-order valence-corrected chi connectivity index (χ1v) is 11.1. The SMILES string of the molecule is CCOOP(=O)(CCn1c(-c2cccs2)cc2ccccc21)OOCC. The minimum Gasteiger partial charge on any atom is -0.339 e. The van der Waals surface area contributed by atoms with Crippen molar-refractivity contribution in [2.45, 2.75) is 20.4 Å². The maximum Gasteiger partial charge on any atom is 0.386 e. The quantitative estimate of drug-likeness (QED) is 0.258. The fourth-order valence-electron chi connectivity index (χ4n) is 2.66. The maximum absolute atomic E-state index is 12.9. The van der Waals surface area contributed by atoms with E-state index in [0.717, 1.165) is 21.5 Å². The highest BCUT2D eigenvalue weighted by atomic mass is 32.1. The van der Waals surface area contributed by atoms with E-state index in [2.05, 4.69) is 22.8 Å². The summed E-state index contributed by atoms with van der Waals surface area (Å²) in [5, 5.41) is 3.17. The van der Waals surface area contributed by atoms with Gasteiger partial charge in [0.05, 0.1) is 29.9 Å². The van der Waals surface area contributed by atoms with Crippen molar-refractivity contribution >= 4 is 29.8 Å². The van der Waals surface area contributed by atoms with Gasteiger partial charge in [-0.05, 0) is 37.4 Å². The summed E-state index contributed by atoms with van der Waals surface area (Å²) in [5.41, 5.74) is 2.14. The molecule has 0 atom stereocenters. The van der Waals surface area contributed by atoms with Crippen molar-refractivity contribution in [1.29, 1.82) is 0 Å². The molecule has 1 aromatic carbocycles. The lowest BCUT2D eigenvalue weighted by molar-refractivity contribution is -0.263. The van der Waals surface area contributed by atoms with Crippen molar-refractivity contribution in [1.82, 2.24) is 4.57 Å². The number of hydrogen-bond donors (Lipinski definition) is 0. The van der Waals surface area contributed by atoms with Gasteiger partial charge in [0.2, 0.25) is 0 Å². The molecule has 0 saturated heterocycles. The molecule has 0 aliphatic carbocycles. The third kappa shape index (κ3) is 4.43. The Morgan fingerprint density at radius 2 is 1.77 bits per heavy atom. The summed E-state index contributed by atoms with van der Waals surface area (Å²) in [6.07, 6.45) is 0.129. The Labute approximate surface area is 156 Å². The van der Waals surface area contributed by atoms with Crippen molar-refractivity contribution < 1.29 is 23.7 Å². The van der Waals surface area contributed by atoms with Crippen LogP contribution in [-0.2, 0) is 30.2 Å². The van der Waals surface area contributed by atoms with Crippen LogP contribution in [0.4, 0.5) is 0 Å². The van der Waals surface area contributed by atoms with Crippen LogP contribution < -0.4 is 0 Å². The van der Waals surface area contributed by atoms with Crippen LogP contribution in [0, 0.1) is 0 Å².